The van der Waals surface area contributed by atoms with Crippen LogP contribution in [-0.4, -0.2) is 27.9 Å². The summed E-state index contributed by atoms with van der Waals surface area (Å²) >= 11 is 0. The van der Waals surface area contributed by atoms with Gasteiger partial charge in [0.1, 0.15) is 0 Å². The van der Waals surface area contributed by atoms with E-state index < -0.39 is 17.7 Å². The first kappa shape index (κ1) is 25.4. The molecule has 0 spiro atoms. The third-order valence-electron chi connectivity index (χ3n) is 7.09. The number of benzene rings is 3. The van der Waals surface area contributed by atoms with Crippen LogP contribution in [0, 0.1) is 26.7 Å². The Morgan fingerprint density at radius 2 is 1.63 bits per heavy atom. The number of hydrogen-bond donors (Lipinski definition) is 3. The minimum atomic E-state index is -2.94. The van der Waals surface area contributed by atoms with E-state index in [1.165, 1.54) is 18.2 Å². The van der Waals surface area contributed by atoms with Crippen molar-refractivity contribution < 1.29 is 18.8 Å². The van der Waals surface area contributed by atoms with Crippen LogP contribution in [0.25, 0.3) is 22.5 Å². The van der Waals surface area contributed by atoms with Crippen LogP contribution in [0.15, 0.2) is 60.7 Å². The number of carbonyl (C=O) groups excluding carboxylic acids is 1. The summed E-state index contributed by atoms with van der Waals surface area (Å²) in [6, 6.07) is 17.6. The number of nitrogens with zero attached hydrogens (tertiary/aromatic N) is 2. The molecule has 1 aliphatic carbocycles. The van der Waals surface area contributed by atoms with Crippen LogP contribution in [0.2, 0.25) is 0 Å². The second-order valence-corrected chi connectivity index (χ2v) is 9.93. The summed E-state index contributed by atoms with van der Waals surface area (Å²) in [4.78, 5) is 17.7. The highest BCUT2D eigenvalue weighted by Crippen LogP contribution is 2.50. The second kappa shape index (κ2) is 9.59. The smallest absolute Gasteiger partial charge is 0.277 e. The van der Waals surface area contributed by atoms with Crippen LogP contribution < -0.4 is 10.6 Å². The number of anilines is 2. The zero-order valence-electron chi connectivity index (χ0n) is 21.8. The molecule has 8 heteroatoms. The number of amides is 1. The fourth-order valence-electron chi connectivity index (χ4n) is 4.96. The quantitative estimate of drug-likeness (QED) is 0.228. The molecule has 4 aromatic rings. The first-order valence-corrected chi connectivity index (χ1v) is 12.6. The SMILES string of the molecule is CNc1cc(-c2c(C)cccc2C)cc(-c2nc(C)c(C(=O)Nc3cccc(C(F)(F)C4CC4)c3)n2O)c1. The molecule has 1 aromatic heterocycles. The van der Waals surface area contributed by atoms with E-state index in [9.17, 15) is 18.8 Å². The lowest BCUT2D eigenvalue weighted by Gasteiger charge is -2.17. The van der Waals surface area contributed by atoms with Crippen molar-refractivity contribution in [3.63, 3.8) is 0 Å². The topological polar surface area (TPSA) is 79.2 Å². The molecule has 1 fully saturated rings. The van der Waals surface area contributed by atoms with E-state index in [0.29, 0.717) is 24.1 Å². The van der Waals surface area contributed by atoms with Gasteiger partial charge in [0.15, 0.2) is 11.5 Å². The van der Waals surface area contributed by atoms with Crippen molar-refractivity contribution in [2.45, 2.75) is 39.5 Å². The number of imidazole rings is 1. The number of alkyl halides is 2. The Bertz CT molecular complexity index is 1520. The van der Waals surface area contributed by atoms with Crippen molar-refractivity contribution in [1.29, 1.82) is 0 Å². The van der Waals surface area contributed by atoms with Gasteiger partial charge in [0.2, 0.25) is 0 Å². The number of rotatable bonds is 7. The summed E-state index contributed by atoms with van der Waals surface area (Å²) in [5, 5.41) is 16.9. The first-order valence-electron chi connectivity index (χ1n) is 12.6. The zero-order valence-corrected chi connectivity index (χ0v) is 21.8. The molecule has 0 unspecified atom stereocenters. The van der Waals surface area contributed by atoms with Crippen molar-refractivity contribution in [3.05, 3.63) is 88.7 Å². The van der Waals surface area contributed by atoms with E-state index in [2.05, 4.69) is 15.6 Å². The molecule has 0 aliphatic heterocycles. The van der Waals surface area contributed by atoms with Crippen LogP contribution in [0.5, 0.6) is 0 Å². The summed E-state index contributed by atoms with van der Waals surface area (Å²) in [5.41, 5.74) is 6.03. The minimum absolute atomic E-state index is 0.0668. The number of hydrogen-bond acceptors (Lipinski definition) is 4. The molecular weight excluding hydrogens is 486 g/mol. The maximum atomic E-state index is 14.6. The van der Waals surface area contributed by atoms with Crippen molar-refractivity contribution in [2.75, 3.05) is 17.7 Å². The van der Waals surface area contributed by atoms with Gasteiger partial charge < -0.3 is 15.8 Å². The molecule has 3 N–H and O–H groups in total. The van der Waals surface area contributed by atoms with Crippen molar-refractivity contribution in [2.24, 2.45) is 5.92 Å². The summed E-state index contributed by atoms with van der Waals surface area (Å²) in [6.07, 6.45) is 0.990. The highest BCUT2D eigenvalue weighted by atomic mass is 19.3. The Kier molecular flexibility index (Phi) is 6.42. The molecule has 0 bridgehead atoms. The van der Waals surface area contributed by atoms with Crippen LogP contribution in [0.3, 0.4) is 0 Å². The molecular formula is C30H30F2N4O2. The van der Waals surface area contributed by atoms with Crippen molar-refractivity contribution in [3.8, 4) is 22.5 Å². The van der Waals surface area contributed by atoms with Crippen molar-refractivity contribution >= 4 is 17.3 Å². The Labute approximate surface area is 220 Å². The van der Waals surface area contributed by atoms with Gasteiger partial charge in [-0.05, 0) is 86.2 Å². The lowest BCUT2D eigenvalue weighted by molar-refractivity contribution is -0.0285. The van der Waals surface area contributed by atoms with Crippen LogP contribution >= 0.6 is 0 Å². The average molecular weight is 517 g/mol. The molecule has 196 valence electrons. The molecule has 1 amide bonds. The highest BCUT2D eigenvalue weighted by molar-refractivity contribution is 6.04. The molecule has 0 saturated heterocycles. The Morgan fingerprint density at radius 1 is 0.974 bits per heavy atom. The molecule has 6 nitrogen and oxygen atoms in total. The van der Waals surface area contributed by atoms with Crippen molar-refractivity contribution in [1.82, 2.24) is 9.71 Å². The second-order valence-electron chi connectivity index (χ2n) is 9.93. The number of aryl methyl sites for hydroxylation is 3. The Hall–Kier alpha value is -4.20. The van der Waals surface area contributed by atoms with Crippen LogP contribution in [0.1, 0.15) is 45.7 Å². The van der Waals surface area contributed by atoms with Gasteiger partial charge in [-0.1, -0.05) is 30.3 Å². The van der Waals surface area contributed by atoms with Gasteiger partial charge in [-0.2, -0.15) is 4.73 Å². The van der Waals surface area contributed by atoms with E-state index >= 15 is 0 Å². The van der Waals surface area contributed by atoms with Gasteiger partial charge >= 0.3 is 0 Å². The van der Waals surface area contributed by atoms with Gasteiger partial charge in [0.25, 0.3) is 11.8 Å². The average Bonchev–Trinajstić information content (AvgIpc) is 3.69. The van der Waals surface area contributed by atoms with E-state index in [-0.39, 0.29) is 22.8 Å². The number of carbonyl (C=O) groups is 1. The zero-order chi connectivity index (χ0) is 27.2. The lowest BCUT2D eigenvalue weighted by Crippen LogP contribution is -2.19. The summed E-state index contributed by atoms with van der Waals surface area (Å²) in [6.45, 7) is 5.71. The maximum Gasteiger partial charge on any atom is 0.277 e. The monoisotopic (exact) mass is 516 g/mol. The molecule has 5 rings (SSSR count). The normalized spacial score (nSPS) is 13.4. The van der Waals surface area contributed by atoms with Gasteiger partial charge in [0.05, 0.1) is 5.69 Å². The molecule has 0 atom stereocenters. The maximum absolute atomic E-state index is 14.6. The molecule has 1 aliphatic rings. The molecule has 38 heavy (non-hydrogen) atoms. The van der Waals surface area contributed by atoms with E-state index in [4.69, 9.17) is 0 Å². The number of nitrogens with one attached hydrogen (secondary N) is 2. The Balaban J connectivity index is 1.49. The van der Waals surface area contributed by atoms with Gasteiger partial charge in [-0.15, -0.1) is 0 Å². The molecule has 3 aromatic carbocycles. The van der Waals surface area contributed by atoms with Gasteiger partial charge in [-0.25, -0.2) is 13.8 Å². The number of halogens is 2. The van der Waals surface area contributed by atoms with Crippen LogP contribution in [0.4, 0.5) is 20.2 Å². The third kappa shape index (κ3) is 4.62. The minimum Gasteiger partial charge on any atom is -0.426 e. The third-order valence-corrected chi connectivity index (χ3v) is 7.09. The molecule has 1 heterocycles. The van der Waals surface area contributed by atoms with Gasteiger partial charge in [0, 0.05) is 35.5 Å². The number of aromatic nitrogens is 2. The summed E-state index contributed by atoms with van der Waals surface area (Å²) in [5.74, 6) is -4.03. The molecule has 0 radical (unpaired) electrons. The highest BCUT2D eigenvalue weighted by Gasteiger charge is 2.48. The van der Waals surface area contributed by atoms with Crippen LogP contribution in [-0.2, 0) is 5.92 Å². The summed E-state index contributed by atoms with van der Waals surface area (Å²) in [7, 11) is 1.81. The predicted molar refractivity (Wildman–Crippen MR) is 145 cm³/mol. The lowest BCUT2D eigenvalue weighted by atomic mass is 9.94. The first-order chi connectivity index (χ1) is 18.1. The predicted octanol–water partition coefficient (Wildman–Crippen LogP) is 7.18. The fraction of sp³-hybridized carbons (Fsp3) is 0.267. The van der Waals surface area contributed by atoms with E-state index in [0.717, 1.165) is 32.7 Å². The fourth-order valence-corrected chi connectivity index (χ4v) is 4.96. The van der Waals surface area contributed by atoms with Gasteiger partial charge in [-0.3, -0.25) is 4.79 Å². The molecule has 1 saturated carbocycles. The summed E-state index contributed by atoms with van der Waals surface area (Å²) < 4.78 is 30.0. The largest absolute Gasteiger partial charge is 0.426 e. The Morgan fingerprint density at radius 3 is 2.29 bits per heavy atom. The van der Waals surface area contributed by atoms with E-state index in [1.54, 1.807) is 13.0 Å². The van der Waals surface area contributed by atoms with E-state index in [1.807, 2.05) is 57.3 Å². The standard InChI is InChI=1S/C30H30F2N4O2/c1-17-7-5-8-18(2)26(17)20-13-21(15-25(14-20)33-4)28-34-19(3)27(36(28)38)29(37)35-24-10-6-9-23(16-24)30(31,32)22-11-12-22/h5-10,13-16,22,33,38H,11-12H2,1-4H3,(H,35,37).